The first-order chi connectivity index (χ1) is 5.05. The number of hydrogen-bond donors (Lipinski definition) is 2. The van der Waals surface area contributed by atoms with Crippen LogP contribution in [0.2, 0.25) is 0 Å². The Morgan fingerprint density at radius 3 is 2.73 bits per heavy atom. The molecule has 0 unspecified atom stereocenters. The minimum atomic E-state index is -0.169. The summed E-state index contributed by atoms with van der Waals surface area (Å²) in [6, 6.07) is 0. The monoisotopic (exact) mass is 158 g/mol. The number of hydrogen-bond acceptors (Lipinski definition) is 3. The molecule has 1 aliphatic heterocycles. The van der Waals surface area contributed by atoms with Crippen LogP contribution >= 0.6 is 0 Å². The van der Waals surface area contributed by atoms with Crippen LogP contribution < -0.4 is 11.3 Å². The van der Waals surface area contributed by atoms with E-state index in [0.29, 0.717) is 6.61 Å². The van der Waals surface area contributed by atoms with Crippen LogP contribution in [0.4, 0.5) is 0 Å². The first-order valence-corrected chi connectivity index (χ1v) is 3.69. The Labute approximate surface area is 66.1 Å². The van der Waals surface area contributed by atoms with Crippen LogP contribution in [0, 0.1) is 5.92 Å². The number of amides is 1. The predicted molar refractivity (Wildman–Crippen MR) is 40.5 cm³/mol. The van der Waals surface area contributed by atoms with Gasteiger partial charge in [0.05, 0.1) is 18.1 Å². The summed E-state index contributed by atoms with van der Waals surface area (Å²) in [6.07, 6.45) is 0.746. The Kier molecular flexibility index (Phi) is 2.15. The molecule has 0 aromatic heterocycles. The van der Waals surface area contributed by atoms with Gasteiger partial charge in [-0.25, -0.2) is 5.84 Å². The highest BCUT2D eigenvalue weighted by Crippen LogP contribution is 2.28. The lowest BCUT2D eigenvalue weighted by molar-refractivity contribution is -0.125. The second kappa shape index (κ2) is 2.79. The average molecular weight is 158 g/mol. The minimum Gasteiger partial charge on any atom is -0.375 e. The van der Waals surface area contributed by atoms with Gasteiger partial charge in [-0.1, -0.05) is 0 Å². The number of carbonyl (C=O) groups is 1. The van der Waals surface area contributed by atoms with Crippen molar-refractivity contribution < 1.29 is 9.53 Å². The number of ether oxygens (including phenoxy) is 1. The lowest BCUT2D eigenvalue weighted by Gasteiger charge is -2.15. The minimum absolute atomic E-state index is 0.0741. The van der Waals surface area contributed by atoms with Crippen molar-refractivity contribution in [2.24, 2.45) is 11.8 Å². The van der Waals surface area contributed by atoms with Crippen molar-refractivity contribution in [3.63, 3.8) is 0 Å². The lowest BCUT2D eigenvalue weighted by Crippen LogP contribution is -2.36. The van der Waals surface area contributed by atoms with Crippen molar-refractivity contribution in [1.29, 1.82) is 0 Å². The second-order valence-corrected chi connectivity index (χ2v) is 3.48. The van der Waals surface area contributed by atoms with Crippen molar-refractivity contribution in [1.82, 2.24) is 5.43 Å². The van der Waals surface area contributed by atoms with Crippen LogP contribution in [-0.2, 0) is 9.53 Å². The third-order valence-corrected chi connectivity index (χ3v) is 1.93. The van der Waals surface area contributed by atoms with E-state index < -0.39 is 0 Å². The lowest BCUT2D eigenvalue weighted by atomic mass is 9.97. The van der Waals surface area contributed by atoms with Gasteiger partial charge in [0.2, 0.25) is 5.91 Å². The molecule has 3 N–H and O–H groups in total. The van der Waals surface area contributed by atoms with Crippen molar-refractivity contribution in [2.75, 3.05) is 6.61 Å². The zero-order valence-corrected chi connectivity index (χ0v) is 6.89. The molecule has 0 bridgehead atoms. The maximum absolute atomic E-state index is 11.0. The maximum Gasteiger partial charge on any atom is 0.239 e. The van der Waals surface area contributed by atoms with Crippen LogP contribution in [0.15, 0.2) is 0 Å². The topological polar surface area (TPSA) is 64.4 Å². The van der Waals surface area contributed by atoms with Crippen molar-refractivity contribution in [3.8, 4) is 0 Å². The Morgan fingerprint density at radius 1 is 1.73 bits per heavy atom. The highest BCUT2D eigenvalue weighted by atomic mass is 16.5. The van der Waals surface area contributed by atoms with E-state index in [4.69, 9.17) is 10.6 Å². The normalized spacial score (nSPS) is 28.5. The summed E-state index contributed by atoms with van der Waals surface area (Å²) in [5, 5.41) is 0. The van der Waals surface area contributed by atoms with Gasteiger partial charge in [0.15, 0.2) is 0 Å². The molecule has 1 amide bonds. The van der Waals surface area contributed by atoms with Gasteiger partial charge in [-0.3, -0.25) is 10.2 Å². The Hall–Kier alpha value is -0.610. The van der Waals surface area contributed by atoms with Gasteiger partial charge in [-0.2, -0.15) is 0 Å². The summed E-state index contributed by atoms with van der Waals surface area (Å²) in [6.45, 7) is 4.42. The number of carbonyl (C=O) groups excluding carboxylic acids is 1. The molecule has 4 nitrogen and oxygen atoms in total. The highest BCUT2D eigenvalue weighted by Gasteiger charge is 2.35. The largest absolute Gasteiger partial charge is 0.375 e. The average Bonchev–Trinajstić information content (AvgIpc) is 2.29. The molecular formula is C7H14N2O2. The molecule has 1 heterocycles. The molecule has 0 aromatic carbocycles. The number of nitrogens with two attached hydrogens (primary N) is 1. The van der Waals surface area contributed by atoms with Gasteiger partial charge in [0.25, 0.3) is 0 Å². The van der Waals surface area contributed by atoms with Gasteiger partial charge >= 0.3 is 0 Å². The van der Waals surface area contributed by atoms with Crippen LogP contribution in [-0.4, -0.2) is 18.1 Å². The molecule has 0 spiro atoms. The Morgan fingerprint density at radius 2 is 2.36 bits per heavy atom. The first-order valence-electron chi connectivity index (χ1n) is 3.69. The molecule has 0 aliphatic carbocycles. The smallest absolute Gasteiger partial charge is 0.239 e. The Bertz CT molecular complexity index is 168. The molecule has 0 aromatic rings. The molecule has 0 saturated carbocycles. The number of hydrazine groups is 1. The van der Waals surface area contributed by atoms with Crippen LogP contribution in [0.25, 0.3) is 0 Å². The third-order valence-electron chi connectivity index (χ3n) is 1.93. The van der Waals surface area contributed by atoms with E-state index >= 15 is 0 Å². The molecule has 1 fully saturated rings. The summed E-state index contributed by atoms with van der Waals surface area (Å²) >= 11 is 0. The standard InChI is InChI=1S/C7H14N2O2/c1-7(2)3-5(4-11-7)6(10)9-8/h5H,3-4,8H2,1-2H3,(H,9,10)/t5-/m0/s1. The van der Waals surface area contributed by atoms with Gasteiger partial charge in [0.1, 0.15) is 0 Å². The van der Waals surface area contributed by atoms with Crippen molar-refractivity contribution in [3.05, 3.63) is 0 Å². The van der Waals surface area contributed by atoms with E-state index in [9.17, 15) is 4.79 Å². The molecule has 1 saturated heterocycles. The number of nitrogens with one attached hydrogen (secondary N) is 1. The van der Waals surface area contributed by atoms with Gasteiger partial charge < -0.3 is 4.74 Å². The first kappa shape index (κ1) is 8.49. The third kappa shape index (κ3) is 1.91. The highest BCUT2D eigenvalue weighted by molar-refractivity contribution is 5.78. The summed E-state index contributed by atoms with van der Waals surface area (Å²) in [5.41, 5.74) is 1.96. The molecule has 1 rings (SSSR count). The Balaban J connectivity index is 2.48. The molecule has 1 aliphatic rings. The predicted octanol–water partition coefficient (Wildman–Crippen LogP) is -0.209. The van der Waals surface area contributed by atoms with E-state index in [0.717, 1.165) is 6.42 Å². The molecular weight excluding hydrogens is 144 g/mol. The van der Waals surface area contributed by atoms with E-state index in [2.05, 4.69) is 5.43 Å². The SMILES string of the molecule is CC1(C)C[C@H](C(=O)NN)CO1. The maximum atomic E-state index is 11.0. The van der Waals surface area contributed by atoms with Crippen LogP contribution in [0.5, 0.6) is 0 Å². The van der Waals surface area contributed by atoms with E-state index in [1.807, 2.05) is 13.8 Å². The fraction of sp³-hybridized carbons (Fsp3) is 0.857. The van der Waals surface area contributed by atoms with Crippen LogP contribution in [0.1, 0.15) is 20.3 Å². The zero-order valence-electron chi connectivity index (χ0n) is 6.89. The van der Waals surface area contributed by atoms with Gasteiger partial charge in [-0.15, -0.1) is 0 Å². The van der Waals surface area contributed by atoms with E-state index in [-0.39, 0.29) is 17.4 Å². The quantitative estimate of drug-likeness (QED) is 0.315. The summed E-state index contributed by atoms with van der Waals surface area (Å²) < 4.78 is 5.36. The molecule has 4 heteroatoms. The van der Waals surface area contributed by atoms with Crippen molar-refractivity contribution in [2.45, 2.75) is 25.9 Å². The molecule has 64 valence electrons. The van der Waals surface area contributed by atoms with Crippen molar-refractivity contribution >= 4 is 5.91 Å². The second-order valence-electron chi connectivity index (χ2n) is 3.48. The molecule has 1 atom stereocenters. The van der Waals surface area contributed by atoms with Gasteiger partial charge in [0, 0.05) is 0 Å². The summed E-state index contributed by atoms with van der Waals surface area (Å²) in [5.74, 6) is 4.78. The van der Waals surface area contributed by atoms with Crippen LogP contribution in [0.3, 0.4) is 0 Å². The van der Waals surface area contributed by atoms with Gasteiger partial charge in [-0.05, 0) is 20.3 Å². The summed E-state index contributed by atoms with van der Waals surface area (Å²) in [4.78, 5) is 11.0. The molecule has 0 radical (unpaired) electrons. The summed E-state index contributed by atoms with van der Waals surface area (Å²) in [7, 11) is 0. The van der Waals surface area contributed by atoms with E-state index in [1.165, 1.54) is 0 Å². The molecule has 11 heavy (non-hydrogen) atoms. The fourth-order valence-corrected chi connectivity index (χ4v) is 1.32. The van der Waals surface area contributed by atoms with E-state index in [1.54, 1.807) is 0 Å². The number of rotatable bonds is 1. The zero-order chi connectivity index (χ0) is 8.48. The fourth-order valence-electron chi connectivity index (χ4n) is 1.32.